The predicted molar refractivity (Wildman–Crippen MR) is 99.0 cm³/mol. The van der Waals surface area contributed by atoms with Gasteiger partial charge in [0.25, 0.3) is 5.91 Å². The van der Waals surface area contributed by atoms with Crippen LogP contribution in [0.5, 0.6) is 0 Å². The van der Waals surface area contributed by atoms with Crippen LogP contribution in [0.1, 0.15) is 41.1 Å². The number of cyclic esters (lactones) is 1. The summed E-state index contributed by atoms with van der Waals surface area (Å²) in [7, 11) is 0. The van der Waals surface area contributed by atoms with Gasteiger partial charge in [0.2, 0.25) is 0 Å². The number of hydrogen-bond acceptors (Lipinski definition) is 6. The summed E-state index contributed by atoms with van der Waals surface area (Å²) in [5.41, 5.74) is 2.42. The van der Waals surface area contributed by atoms with Gasteiger partial charge >= 0.3 is 6.09 Å². The van der Waals surface area contributed by atoms with E-state index in [0.717, 1.165) is 17.8 Å². The second-order valence-corrected chi connectivity index (χ2v) is 7.04. The van der Waals surface area contributed by atoms with Crippen LogP contribution >= 0.6 is 0 Å². The molecule has 3 aromatic heterocycles. The zero-order chi connectivity index (χ0) is 19.3. The molecule has 0 saturated carbocycles. The van der Waals surface area contributed by atoms with E-state index in [2.05, 4.69) is 15.4 Å². The van der Waals surface area contributed by atoms with Crippen molar-refractivity contribution >= 4 is 23.5 Å². The molecule has 142 valence electrons. The quantitative estimate of drug-likeness (QED) is 0.641. The Kier molecular flexibility index (Phi) is 3.75. The number of amides is 2. The number of aryl methyl sites for hydroxylation is 1. The molecule has 0 aromatic carbocycles. The standard InChI is InChI=1S/C19H18N6O3/c1-11-5-6-12-3-2-4-14(22-12)15-10-28-19(27)25(15)16-7-8-24-17(23-16)13(9-20-24)18(26)21-11/h2-4,7-9,11,15H,5-6,10H2,1H3,(H,21,26)/t11-,15?/m1/s1. The maximum absolute atomic E-state index is 12.7. The minimum Gasteiger partial charge on any atom is -0.446 e. The van der Waals surface area contributed by atoms with Gasteiger partial charge in [0.1, 0.15) is 24.0 Å². The van der Waals surface area contributed by atoms with Crippen LogP contribution in [0.2, 0.25) is 0 Å². The number of anilines is 1. The normalized spacial score (nSPS) is 22.0. The number of fused-ring (bicyclic) bond motifs is 6. The number of nitrogens with zero attached hydrogens (tertiary/aromatic N) is 5. The molecule has 1 saturated heterocycles. The Labute approximate surface area is 160 Å². The Morgan fingerprint density at radius 3 is 3.00 bits per heavy atom. The van der Waals surface area contributed by atoms with Gasteiger partial charge in [-0.05, 0) is 38.0 Å². The van der Waals surface area contributed by atoms with Gasteiger partial charge in [0, 0.05) is 17.9 Å². The van der Waals surface area contributed by atoms with E-state index in [1.54, 1.807) is 12.3 Å². The molecule has 4 bridgehead atoms. The largest absolute Gasteiger partial charge is 0.446 e. The lowest BCUT2D eigenvalue weighted by Crippen LogP contribution is -2.33. The Hall–Kier alpha value is -3.49. The third-order valence-corrected chi connectivity index (χ3v) is 5.10. The monoisotopic (exact) mass is 378 g/mol. The Morgan fingerprint density at radius 2 is 2.11 bits per heavy atom. The number of hydrogen-bond donors (Lipinski definition) is 1. The first-order valence-corrected chi connectivity index (χ1v) is 9.17. The van der Waals surface area contributed by atoms with E-state index in [0.29, 0.717) is 23.4 Å². The van der Waals surface area contributed by atoms with Crippen molar-refractivity contribution in [2.75, 3.05) is 11.5 Å². The first kappa shape index (κ1) is 16.7. The molecule has 2 aliphatic rings. The molecule has 0 aliphatic carbocycles. The lowest BCUT2D eigenvalue weighted by Gasteiger charge is -2.21. The molecule has 0 radical (unpaired) electrons. The molecular weight excluding hydrogens is 360 g/mol. The first-order chi connectivity index (χ1) is 13.6. The highest BCUT2D eigenvalue weighted by atomic mass is 16.6. The summed E-state index contributed by atoms with van der Waals surface area (Å²) in [6.45, 7) is 2.16. The number of aromatic nitrogens is 4. The third-order valence-electron chi connectivity index (χ3n) is 5.10. The number of ether oxygens (including phenoxy) is 1. The van der Waals surface area contributed by atoms with Gasteiger partial charge < -0.3 is 10.1 Å². The molecule has 28 heavy (non-hydrogen) atoms. The SMILES string of the molecule is C[C@@H]1CCc2cccc(n2)C2COC(=O)N2c2ccn3ncc(c3n2)C(=O)N1. The van der Waals surface area contributed by atoms with Crippen molar-refractivity contribution < 1.29 is 14.3 Å². The lowest BCUT2D eigenvalue weighted by atomic mass is 10.1. The molecular formula is C19H18N6O3. The first-order valence-electron chi connectivity index (χ1n) is 9.17. The molecule has 2 atom stereocenters. The molecule has 1 unspecified atom stereocenters. The zero-order valence-electron chi connectivity index (χ0n) is 15.2. The molecule has 1 fully saturated rings. The van der Waals surface area contributed by atoms with Crippen LogP contribution in [0.25, 0.3) is 5.65 Å². The molecule has 9 heteroatoms. The fourth-order valence-electron chi connectivity index (χ4n) is 3.61. The summed E-state index contributed by atoms with van der Waals surface area (Å²) in [6, 6.07) is 7.04. The van der Waals surface area contributed by atoms with Crippen LogP contribution in [0.4, 0.5) is 10.6 Å². The number of rotatable bonds is 0. The van der Waals surface area contributed by atoms with Gasteiger partial charge in [-0.1, -0.05) is 6.07 Å². The molecule has 2 amide bonds. The molecule has 5 rings (SSSR count). The van der Waals surface area contributed by atoms with Crippen molar-refractivity contribution in [2.45, 2.75) is 31.8 Å². The Bertz CT molecular complexity index is 1090. The maximum Gasteiger partial charge on any atom is 0.416 e. The summed E-state index contributed by atoms with van der Waals surface area (Å²) >= 11 is 0. The Morgan fingerprint density at radius 1 is 1.21 bits per heavy atom. The average molecular weight is 378 g/mol. The molecule has 2 aliphatic heterocycles. The summed E-state index contributed by atoms with van der Waals surface area (Å²) in [6.07, 6.45) is 4.13. The van der Waals surface area contributed by atoms with Gasteiger partial charge in [0.15, 0.2) is 5.65 Å². The second kappa shape index (κ2) is 6.29. The highest BCUT2D eigenvalue weighted by molar-refractivity contribution is 6.00. The van der Waals surface area contributed by atoms with E-state index >= 15 is 0 Å². The van der Waals surface area contributed by atoms with Crippen LogP contribution in [0, 0.1) is 0 Å². The van der Waals surface area contributed by atoms with Crippen LogP contribution in [-0.2, 0) is 11.2 Å². The molecule has 9 nitrogen and oxygen atoms in total. The number of pyridine rings is 1. The van der Waals surface area contributed by atoms with Gasteiger partial charge in [-0.2, -0.15) is 5.10 Å². The third kappa shape index (κ3) is 2.67. The highest BCUT2D eigenvalue weighted by Crippen LogP contribution is 2.31. The topological polar surface area (TPSA) is 102 Å². The molecule has 1 N–H and O–H groups in total. The highest BCUT2D eigenvalue weighted by Gasteiger charge is 2.37. The van der Waals surface area contributed by atoms with E-state index in [1.807, 2.05) is 25.1 Å². The summed E-state index contributed by atoms with van der Waals surface area (Å²) in [5, 5.41) is 7.19. The summed E-state index contributed by atoms with van der Waals surface area (Å²) in [4.78, 5) is 35.9. The summed E-state index contributed by atoms with van der Waals surface area (Å²) < 4.78 is 6.81. The van der Waals surface area contributed by atoms with E-state index in [-0.39, 0.29) is 24.6 Å². The van der Waals surface area contributed by atoms with Crippen LogP contribution in [-0.4, -0.2) is 44.2 Å². The molecule has 3 aromatic rings. The fourth-order valence-corrected chi connectivity index (χ4v) is 3.61. The van der Waals surface area contributed by atoms with E-state index < -0.39 is 6.09 Å². The van der Waals surface area contributed by atoms with Gasteiger partial charge in [-0.25, -0.2) is 19.2 Å². The van der Waals surface area contributed by atoms with Crippen LogP contribution < -0.4 is 10.2 Å². The van der Waals surface area contributed by atoms with E-state index in [4.69, 9.17) is 9.72 Å². The minimum atomic E-state index is -0.486. The van der Waals surface area contributed by atoms with Gasteiger partial charge in [-0.3, -0.25) is 9.78 Å². The maximum atomic E-state index is 12.7. The van der Waals surface area contributed by atoms with Crippen molar-refractivity contribution in [1.29, 1.82) is 0 Å². The number of carbonyl (C=O) groups is 2. The molecule has 0 spiro atoms. The van der Waals surface area contributed by atoms with E-state index in [1.165, 1.54) is 15.6 Å². The van der Waals surface area contributed by atoms with Gasteiger partial charge in [0.05, 0.1) is 11.9 Å². The van der Waals surface area contributed by atoms with E-state index in [9.17, 15) is 9.59 Å². The smallest absolute Gasteiger partial charge is 0.416 e. The molecule has 5 heterocycles. The fraction of sp³-hybridized carbons (Fsp3) is 0.316. The van der Waals surface area contributed by atoms with Crippen LogP contribution in [0.15, 0.2) is 36.7 Å². The summed E-state index contributed by atoms with van der Waals surface area (Å²) in [5.74, 6) is 0.151. The second-order valence-electron chi connectivity index (χ2n) is 7.04. The Balaban J connectivity index is 1.69. The van der Waals surface area contributed by atoms with Gasteiger partial charge in [-0.15, -0.1) is 0 Å². The van der Waals surface area contributed by atoms with Crippen molar-refractivity contribution in [2.24, 2.45) is 0 Å². The predicted octanol–water partition coefficient (Wildman–Crippen LogP) is 1.89. The minimum absolute atomic E-state index is 0.0353. The van der Waals surface area contributed by atoms with Crippen molar-refractivity contribution in [1.82, 2.24) is 24.9 Å². The van der Waals surface area contributed by atoms with Crippen molar-refractivity contribution in [3.05, 3.63) is 53.6 Å². The number of nitrogens with one attached hydrogen (secondary N) is 1. The lowest BCUT2D eigenvalue weighted by molar-refractivity contribution is 0.0939. The van der Waals surface area contributed by atoms with Crippen molar-refractivity contribution in [3.63, 3.8) is 0 Å². The van der Waals surface area contributed by atoms with Crippen molar-refractivity contribution in [3.8, 4) is 0 Å². The zero-order valence-corrected chi connectivity index (χ0v) is 15.2. The number of carbonyl (C=O) groups excluding carboxylic acids is 2. The van der Waals surface area contributed by atoms with Crippen LogP contribution in [0.3, 0.4) is 0 Å². The average Bonchev–Trinajstić information content (AvgIpc) is 3.29.